The molecule has 0 unspecified atom stereocenters. The third kappa shape index (κ3) is 3.78. The van der Waals surface area contributed by atoms with Gasteiger partial charge in [0, 0.05) is 32.9 Å². The minimum atomic E-state index is -3.91. The molecule has 1 aromatic carbocycles. The van der Waals surface area contributed by atoms with Gasteiger partial charge in [0.1, 0.15) is 11.6 Å². The summed E-state index contributed by atoms with van der Waals surface area (Å²) in [7, 11) is -2.48. The fourth-order valence-corrected chi connectivity index (χ4v) is 3.87. The summed E-state index contributed by atoms with van der Waals surface area (Å²) in [5, 5.41) is 0. The Bertz CT molecular complexity index is 592. The third-order valence-electron chi connectivity index (χ3n) is 3.85. The third-order valence-corrected chi connectivity index (χ3v) is 5.63. The van der Waals surface area contributed by atoms with Crippen LogP contribution in [0.3, 0.4) is 0 Å². The first-order chi connectivity index (χ1) is 9.73. The maximum absolute atomic E-state index is 13.2. The highest BCUT2D eigenvalue weighted by Crippen LogP contribution is 2.32. The zero-order chi connectivity index (χ0) is 15.7. The van der Waals surface area contributed by atoms with Gasteiger partial charge in [-0.1, -0.05) is 6.92 Å². The summed E-state index contributed by atoms with van der Waals surface area (Å²) >= 11 is 0. The van der Waals surface area contributed by atoms with Gasteiger partial charge in [0.25, 0.3) is 0 Å². The summed E-state index contributed by atoms with van der Waals surface area (Å²) in [5.74, 6) is -1.81. The van der Waals surface area contributed by atoms with Crippen molar-refractivity contribution in [1.82, 2.24) is 4.31 Å². The molecule has 2 rings (SSSR count). The summed E-state index contributed by atoms with van der Waals surface area (Å²) in [5.41, 5.74) is -0.189. The van der Waals surface area contributed by atoms with Crippen LogP contribution in [0.2, 0.25) is 0 Å². The molecule has 0 aromatic heterocycles. The lowest BCUT2D eigenvalue weighted by atomic mass is 9.82. The number of ether oxygens (including phenoxy) is 1. The van der Waals surface area contributed by atoms with E-state index in [0.29, 0.717) is 19.3 Å². The molecule has 0 bridgehead atoms. The van der Waals surface area contributed by atoms with E-state index < -0.39 is 21.7 Å². The summed E-state index contributed by atoms with van der Waals surface area (Å²) < 4.78 is 57.7. The topological polar surface area (TPSA) is 46.6 Å². The van der Waals surface area contributed by atoms with Gasteiger partial charge in [0.2, 0.25) is 10.0 Å². The van der Waals surface area contributed by atoms with Crippen molar-refractivity contribution in [1.29, 1.82) is 0 Å². The SMILES string of the molecule is CN(CC1(C)CCOCC1)S(=O)(=O)c1cc(F)cc(F)c1. The van der Waals surface area contributed by atoms with Crippen molar-refractivity contribution in [2.75, 3.05) is 26.8 Å². The molecule has 1 aliphatic heterocycles. The predicted molar refractivity (Wildman–Crippen MR) is 74.3 cm³/mol. The lowest BCUT2D eigenvalue weighted by Gasteiger charge is -2.36. The highest BCUT2D eigenvalue weighted by molar-refractivity contribution is 7.89. The summed E-state index contributed by atoms with van der Waals surface area (Å²) in [6, 6.07) is 2.32. The van der Waals surface area contributed by atoms with Crippen molar-refractivity contribution in [3.63, 3.8) is 0 Å². The molecule has 1 heterocycles. The van der Waals surface area contributed by atoms with Crippen LogP contribution in [0.25, 0.3) is 0 Å². The van der Waals surface area contributed by atoms with Crippen molar-refractivity contribution in [2.24, 2.45) is 5.41 Å². The molecule has 7 heteroatoms. The first kappa shape index (κ1) is 16.3. The highest BCUT2D eigenvalue weighted by Gasteiger charge is 2.33. The number of hydrogen-bond donors (Lipinski definition) is 0. The maximum atomic E-state index is 13.2. The molecule has 0 aliphatic carbocycles. The summed E-state index contributed by atoms with van der Waals surface area (Å²) in [6.45, 7) is 3.47. The van der Waals surface area contributed by atoms with E-state index in [1.807, 2.05) is 6.92 Å². The molecule has 0 spiro atoms. The van der Waals surface area contributed by atoms with E-state index in [-0.39, 0.29) is 16.9 Å². The molecule has 0 N–H and O–H groups in total. The van der Waals surface area contributed by atoms with E-state index in [1.54, 1.807) is 0 Å². The first-order valence-corrected chi connectivity index (χ1v) is 8.17. The van der Waals surface area contributed by atoms with E-state index in [2.05, 4.69) is 0 Å². The van der Waals surface area contributed by atoms with Crippen molar-refractivity contribution >= 4 is 10.0 Å². The number of nitrogens with zero attached hydrogens (tertiary/aromatic N) is 1. The van der Waals surface area contributed by atoms with Crippen LogP contribution in [0.5, 0.6) is 0 Å². The smallest absolute Gasteiger partial charge is 0.243 e. The second-order valence-electron chi connectivity index (χ2n) is 5.79. The van der Waals surface area contributed by atoms with Crippen LogP contribution in [-0.2, 0) is 14.8 Å². The van der Waals surface area contributed by atoms with Crippen LogP contribution in [0.15, 0.2) is 23.1 Å². The van der Waals surface area contributed by atoms with Gasteiger partial charge in [-0.25, -0.2) is 21.5 Å². The molecule has 21 heavy (non-hydrogen) atoms. The summed E-state index contributed by atoms with van der Waals surface area (Å²) in [6.07, 6.45) is 1.51. The van der Waals surface area contributed by atoms with Gasteiger partial charge in [-0.2, -0.15) is 0 Å². The molecule has 118 valence electrons. The highest BCUT2D eigenvalue weighted by atomic mass is 32.2. The fourth-order valence-electron chi connectivity index (χ4n) is 2.50. The first-order valence-electron chi connectivity index (χ1n) is 6.73. The average molecular weight is 319 g/mol. The molecule has 0 atom stereocenters. The second-order valence-corrected chi connectivity index (χ2v) is 7.83. The van der Waals surface area contributed by atoms with Gasteiger partial charge in [0.05, 0.1) is 4.90 Å². The molecule has 4 nitrogen and oxygen atoms in total. The van der Waals surface area contributed by atoms with Gasteiger partial charge in [-0.3, -0.25) is 0 Å². The monoisotopic (exact) mass is 319 g/mol. The average Bonchev–Trinajstić information content (AvgIpc) is 2.37. The standard InChI is InChI=1S/C14H19F2NO3S/c1-14(3-5-20-6-4-14)10-17(2)21(18,19)13-8-11(15)7-12(16)9-13/h7-9H,3-6,10H2,1-2H3. The van der Waals surface area contributed by atoms with Gasteiger partial charge in [-0.15, -0.1) is 0 Å². The lowest BCUT2D eigenvalue weighted by molar-refractivity contribution is 0.0175. The number of halogens is 2. The Balaban J connectivity index is 2.22. The molecular formula is C14H19F2NO3S. The van der Waals surface area contributed by atoms with Gasteiger partial charge >= 0.3 is 0 Å². The molecule has 1 aromatic rings. The molecule has 1 saturated heterocycles. The van der Waals surface area contributed by atoms with Gasteiger partial charge in [0.15, 0.2) is 0 Å². The van der Waals surface area contributed by atoms with Crippen molar-refractivity contribution in [2.45, 2.75) is 24.7 Å². The minimum absolute atomic E-state index is 0.189. The number of benzene rings is 1. The van der Waals surface area contributed by atoms with Crippen molar-refractivity contribution in [3.8, 4) is 0 Å². The predicted octanol–water partition coefficient (Wildman–Crippen LogP) is 2.40. The lowest BCUT2D eigenvalue weighted by Crippen LogP contribution is -2.40. The maximum Gasteiger partial charge on any atom is 0.243 e. The van der Waals surface area contributed by atoms with E-state index in [9.17, 15) is 17.2 Å². The van der Waals surface area contributed by atoms with Gasteiger partial charge < -0.3 is 4.74 Å². The van der Waals surface area contributed by atoms with Crippen LogP contribution in [0.4, 0.5) is 8.78 Å². The number of rotatable bonds is 4. The van der Waals surface area contributed by atoms with Crippen LogP contribution in [0, 0.1) is 17.0 Å². The molecule has 1 aliphatic rings. The Morgan fingerprint density at radius 1 is 1.19 bits per heavy atom. The van der Waals surface area contributed by atoms with Crippen molar-refractivity contribution < 1.29 is 21.9 Å². The molecular weight excluding hydrogens is 300 g/mol. The zero-order valence-corrected chi connectivity index (χ0v) is 12.9. The van der Waals surface area contributed by atoms with Crippen LogP contribution in [-0.4, -0.2) is 39.5 Å². The zero-order valence-electron chi connectivity index (χ0n) is 12.1. The van der Waals surface area contributed by atoms with Crippen LogP contribution in [0.1, 0.15) is 19.8 Å². The van der Waals surface area contributed by atoms with Crippen LogP contribution < -0.4 is 0 Å². The number of hydrogen-bond acceptors (Lipinski definition) is 3. The molecule has 0 radical (unpaired) electrons. The second kappa shape index (κ2) is 5.98. The quantitative estimate of drug-likeness (QED) is 0.856. The molecule has 1 fully saturated rings. The molecule has 0 saturated carbocycles. The Labute approximate surface area is 123 Å². The van der Waals surface area contributed by atoms with E-state index in [4.69, 9.17) is 4.74 Å². The molecule has 0 amide bonds. The normalized spacial score (nSPS) is 18.9. The summed E-state index contributed by atoms with van der Waals surface area (Å²) in [4.78, 5) is -0.363. The fraction of sp³-hybridized carbons (Fsp3) is 0.571. The van der Waals surface area contributed by atoms with Crippen LogP contribution >= 0.6 is 0 Å². The van der Waals surface area contributed by atoms with Gasteiger partial charge in [-0.05, 0) is 30.4 Å². The van der Waals surface area contributed by atoms with Crippen molar-refractivity contribution in [3.05, 3.63) is 29.8 Å². The Morgan fingerprint density at radius 3 is 2.24 bits per heavy atom. The Hall–Kier alpha value is -1.05. The number of sulfonamides is 1. The Kier molecular flexibility index (Phi) is 4.65. The minimum Gasteiger partial charge on any atom is -0.381 e. The van der Waals surface area contributed by atoms with E-state index in [0.717, 1.165) is 29.3 Å². The Morgan fingerprint density at radius 2 is 1.71 bits per heavy atom. The largest absolute Gasteiger partial charge is 0.381 e. The van der Waals surface area contributed by atoms with E-state index >= 15 is 0 Å². The van der Waals surface area contributed by atoms with E-state index in [1.165, 1.54) is 7.05 Å².